The van der Waals surface area contributed by atoms with Gasteiger partial charge in [-0.2, -0.15) is 13.2 Å². The number of hydrogen-bond donors (Lipinski definition) is 1. The van der Waals surface area contributed by atoms with Crippen LogP contribution in [0.15, 0.2) is 24.3 Å². The Hall–Kier alpha value is -1.72. The second-order valence-corrected chi connectivity index (χ2v) is 3.15. The van der Waals surface area contributed by atoms with E-state index in [0.29, 0.717) is 11.3 Å². The summed E-state index contributed by atoms with van der Waals surface area (Å²) in [5, 5.41) is 0. The van der Waals surface area contributed by atoms with Gasteiger partial charge in [0.25, 0.3) is 0 Å². The van der Waals surface area contributed by atoms with E-state index in [-0.39, 0.29) is 6.42 Å². The van der Waals surface area contributed by atoms with Crippen LogP contribution in [0, 0.1) is 0 Å². The Bertz CT molecular complexity index is 377. The van der Waals surface area contributed by atoms with Gasteiger partial charge in [0.05, 0.1) is 6.42 Å². The van der Waals surface area contributed by atoms with Gasteiger partial charge < -0.3 is 10.5 Å². The summed E-state index contributed by atoms with van der Waals surface area (Å²) in [4.78, 5) is 11.0. The predicted molar refractivity (Wildman–Crippen MR) is 51.6 cm³/mol. The van der Waals surface area contributed by atoms with E-state index in [0.717, 1.165) is 0 Å². The topological polar surface area (TPSA) is 52.3 Å². The molecule has 0 saturated carbocycles. The summed E-state index contributed by atoms with van der Waals surface area (Å²) in [6.07, 6.45) is -4.76. The van der Waals surface area contributed by atoms with Crippen molar-refractivity contribution < 1.29 is 22.7 Å². The lowest BCUT2D eigenvalue weighted by Gasteiger charge is -2.08. The van der Waals surface area contributed by atoms with Gasteiger partial charge in [-0.15, -0.1) is 0 Å². The summed E-state index contributed by atoms with van der Waals surface area (Å²) in [6, 6.07) is 6.43. The molecule has 0 heterocycles. The van der Waals surface area contributed by atoms with Crippen LogP contribution in [0.1, 0.15) is 5.56 Å². The highest BCUT2D eigenvalue weighted by Crippen LogP contribution is 2.16. The van der Waals surface area contributed by atoms with E-state index < -0.39 is 18.8 Å². The fraction of sp³-hybridized carbons (Fsp3) is 0.300. The molecule has 0 amide bonds. The molecule has 0 radical (unpaired) electrons. The molecule has 6 heteroatoms. The third-order valence-corrected chi connectivity index (χ3v) is 1.79. The SMILES string of the molecule is Nc1ccccc1CC(=O)OCC(F)(F)F. The third-order valence-electron chi connectivity index (χ3n) is 1.79. The molecular formula is C10H10F3NO2. The zero-order chi connectivity index (χ0) is 12.2. The van der Waals surface area contributed by atoms with Gasteiger partial charge in [-0.05, 0) is 11.6 Å². The van der Waals surface area contributed by atoms with Crippen LogP contribution in [-0.2, 0) is 16.0 Å². The molecule has 0 unspecified atom stereocenters. The first-order chi connectivity index (χ1) is 7.38. The van der Waals surface area contributed by atoms with Gasteiger partial charge in [0, 0.05) is 5.69 Å². The largest absolute Gasteiger partial charge is 0.456 e. The molecule has 1 aromatic rings. The van der Waals surface area contributed by atoms with Gasteiger partial charge >= 0.3 is 12.1 Å². The molecule has 0 spiro atoms. The van der Waals surface area contributed by atoms with Gasteiger partial charge in [0.15, 0.2) is 6.61 Å². The molecule has 1 rings (SSSR count). The molecule has 1 aromatic carbocycles. The Morgan fingerprint density at radius 2 is 1.94 bits per heavy atom. The quantitative estimate of drug-likeness (QED) is 0.641. The molecule has 0 aliphatic heterocycles. The first-order valence-electron chi connectivity index (χ1n) is 4.44. The van der Waals surface area contributed by atoms with Crippen LogP contribution in [0.4, 0.5) is 18.9 Å². The lowest BCUT2D eigenvalue weighted by molar-refractivity contribution is -0.185. The molecule has 16 heavy (non-hydrogen) atoms. The van der Waals surface area contributed by atoms with Crippen LogP contribution in [0.5, 0.6) is 0 Å². The van der Waals surface area contributed by atoms with Crippen molar-refractivity contribution in [2.75, 3.05) is 12.3 Å². The smallest absolute Gasteiger partial charge is 0.422 e. The Morgan fingerprint density at radius 1 is 1.31 bits per heavy atom. The lowest BCUT2D eigenvalue weighted by atomic mass is 10.1. The Kier molecular flexibility index (Phi) is 3.76. The van der Waals surface area contributed by atoms with E-state index in [2.05, 4.69) is 4.74 Å². The number of nitrogens with two attached hydrogens (primary N) is 1. The molecule has 0 bridgehead atoms. The molecule has 0 fully saturated rings. The fourth-order valence-electron chi connectivity index (χ4n) is 1.06. The van der Waals surface area contributed by atoms with Crippen molar-refractivity contribution >= 4 is 11.7 Å². The number of benzene rings is 1. The third kappa shape index (κ3) is 4.20. The second kappa shape index (κ2) is 4.87. The number of carbonyl (C=O) groups is 1. The minimum absolute atomic E-state index is 0.261. The molecule has 88 valence electrons. The van der Waals surface area contributed by atoms with E-state index in [1.807, 2.05) is 0 Å². The minimum Gasteiger partial charge on any atom is -0.456 e. The number of ether oxygens (including phenoxy) is 1. The van der Waals surface area contributed by atoms with Crippen molar-refractivity contribution in [2.45, 2.75) is 12.6 Å². The van der Waals surface area contributed by atoms with E-state index >= 15 is 0 Å². The van der Waals surface area contributed by atoms with Gasteiger partial charge in [0.1, 0.15) is 0 Å². The van der Waals surface area contributed by atoms with Crippen LogP contribution in [0.3, 0.4) is 0 Å². The van der Waals surface area contributed by atoms with E-state index in [1.165, 1.54) is 0 Å². The molecule has 0 aliphatic rings. The Balaban J connectivity index is 2.50. The maximum Gasteiger partial charge on any atom is 0.422 e. The van der Waals surface area contributed by atoms with Crippen LogP contribution in [0.2, 0.25) is 0 Å². The summed E-state index contributed by atoms with van der Waals surface area (Å²) in [6.45, 7) is -1.57. The number of anilines is 1. The monoisotopic (exact) mass is 233 g/mol. The maximum absolute atomic E-state index is 11.7. The molecule has 0 aliphatic carbocycles. The molecule has 0 saturated heterocycles. The number of rotatable bonds is 3. The predicted octanol–water partition coefficient (Wildman–Crippen LogP) is 1.92. The number of esters is 1. The summed E-state index contributed by atoms with van der Waals surface area (Å²) >= 11 is 0. The number of alkyl halides is 3. The number of nitrogen functional groups attached to an aromatic ring is 1. The molecule has 3 nitrogen and oxygen atoms in total. The average molecular weight is 233 g/mol. The number of para-hydroxylation sites is 1. The fourth-order valence-corrected chi connectivity index (χ4v) is 1.06. The molecule has 0 aromatic heterocycles. The van der Waals surface area contributed by atoms with Crippen molar-refractivity contribution in [3.8, 4) is 0 Å². The Labute approximate surface area is 90.0 Å². The zero-order valence-electron chi connectivity index (χ0n) is 8.25. The normalized spacial score (nSPS) is 11.2. The standard InChI is InChI=1S/C10H10F3NO2/c11-10(12,13)6-16-9(15)5-7-3-1-2-4-8(7)14/h1-4H,5-6,14H2. The van der Waals surface area contributed by atoms with E-state index in [4.69, 9.17) is 5.73 Å². The maximum atomic E-state index is 11.7. The van der Waals surface area contributed by atoms with Crippen LogP contribution < -0.4 is 5.73 Å². The number of hydrogen-bond acceptors (Lipinski definition) is 3. The average Bonchev–Trinajstić information content (AvgIpc) is 2.18. The zero-order valence-corrected chi connectivity index (χ0v) is 8.25. The van der Waals surface area contributed by atoms with Crippen LogP contribution >= 0.6 is 0 Å². The second-order valence-electron chi connectivity index (χ2n) is 3.15. The van der Waals surface area contributed by atoms with Crippen LogP contribution in [-0.4, -0.2) is 18.8 Å². The Morgan fingerprint density at radius 3 is 2.50 bits per heavy atom. The van der Waals surface area contributed by atoms with Crippen molar-refractivity contribution in [2.24, 2.45) is 0 Å². The summed E-state index contributed by atoms with van der Waals surface area (Å²) in [5.74, 6) is -0.949. The van der Waals surface area contributed by atoms with Crippen molar-refractivity contribution in [3.05, 3.63) is 29.8 Å². The van der Waals surface area contributed by atoms with Crippen molar-refractivity contribution in [1.29, 1.82) is 0 Å². The highest BCUT2D eigenvalue weighted by molar-refractivity contribution is 5.74. The highest BCUT2D eigenvalue weighted by Gasteiger charge is 2.29. The van der Waals surface area contributed by atoms with E-state index in [1.54, 1.807) is 24.3 Å². The van der Waals surface area contributed by atoms with E-state index in [9.17, 15) is 18.0 Å². The highest BCUT2D eigenvalue weighted by atomic mass is 19.4. The summed E-state index contributed by atoms with van der Waals surface area (Å²) in [7, 11) is 0. The molecule has 0 atom stereocenters. The van der Waals surface area contributed by atoms with Gasteiger partial charge in [-0.25, -0.2) is 0 Å². The number of carbonyl (C=O) groups excluding carboxylic acids is 1. The van der Waals surface area contributed by atoms with Gasteiger partial charge in [-0.3, -0.25) is 4.79 Å². The number of halogens is 3. The summed E-state index contributed by atoms with van der Waals surface area (Å²) in [5.41, 5.74) is 6.33. The molecular weight excluding hydrogens is 223 g/mol. The molecule has 2 N–H and O–H groups in total. The van der Waals surface area contributed by atoms with Crippen molar-refractivity contribution in [1.82, 2.24) is 0 Å². The van der Waals surface area contributed by atoms with Crippen molar-refractivity contribution in [3.63, 3.8) is 0 Å². The first kappa shape index (κ1) is 12.4. The minimum atomic E-state index is -4.50. The van der Waals surface area contributed by atoms with Gasteiger partial charge in [-0.1, -0.05) is 18.2 Å². The van der Waals surface area contributed by atoms with Crippen LogP contribution in [0.25, 0.3) is 0 Å². The first-order valence-corrected chi connectivity index (χ1v) is 4.44. The summed E-state index contributed by atoms with van der Waals surface area (Å²) < 4.78 is 39.2. The lowest BCUT2D eigenvalue weighted by Crippen LogP contribution is -2.21. The van der Waals surface area contributed by atoms with Gasteiger partial charge in [0.2, 0.25) is 0 Å².